The summed E-state index contributed by atoms with van der Waals surface area (Å²) >= 11 is 8.87. The zero-order valence-corrected chi connectivity index (χ0v) is 15.3. The lowest BCUT2D eigenvalue weighted by Crippen LogP contribution is -2.34. The van der Waals surface area contributed by atoms with Crippen molar-refractivity contribution in [1.82, 2.24) is 9.47 Å². The van der Waals surface area contributed by atoms with Gasteiger partial charge in [0, 0.05) is 24.3 Å². The monoisotopic (exact) mass is 436 g/mol. The molecule has 0 spiro atoms. The Kier molecular flexibility index (Phi) is 5.95. The predicted molar refractivity (Wildman–Crippen MR) is 91.3 cm³/mol. The van der Waals surface area contributed by atoms with Crippen molar-refractivity contribution in [2.75, 3.05) is 7.05 Å². The molecule has 1 aromatic heterocycles. The van der Waals surface area contributed by atoms with Gasteiger partial charge in [0.05, 0.1) is 5.56 Å². The van der Waals surface area contributed by atoms with Crippen LogP contribution in [0, 0.1) is 0 Å². The van der Waals surface area contributed by atoms with Gasteiger partial charge in [-0.2, -0.15) is 13.2 Å². The minimum atomic E-state index is -4.66. The van der Waals surface area contributed by atoms with Crippen LogP contribution < -0.4 is 5.56 Å². The SMILES string of the molecule is CN(Cc1ccc(Br)cc1)C(=O)Cn1cc(C(F)(F)F)cc(Cl)c1=O. The average molecular weight is 438 g/mol. The van der Waals surface area contributed by atoms with Crippen LogP contribution in [-0.2, 0) is 24.1 Å². The summed E-state index contributed by atoms with van der Waals surface area (Å²) in [6.07, 6.45) is -4.06. The molecule has 0 unspecified atom stereocenters. The van der Waals surface area contributed by atoms with Gasteiger partial charge in [-0.1, -0.05) is 39.7 Å². The molecule has 134 valence electrons. The highest BCUT2D eigenvalue weighted by molar-refractivity contribution is 9.10. The summed E-state index contributed by atoms with van der Waals surface area (Å²) in [5, 5.41) is -0.585. The number of aromatic nitrogens is 1. The number of alkyl halides is 3. The fourth-order valence-electron chi connectivity index (χ4n) is 2.09. The quantitative estimate of drug-likeness (QED) is 0.727. The van der Waals surface area contributed by atoms with E-state index < -0.39 is 34.8 Å². The third-order valence-electron chi connectivity index (χ3n) is 3.43. The molecule has 0 saturated heterocycles. The van der Waals surface area contributed by atoms with Crippen molar-refractivity contribution in [1.29, 1.82) is 0 Å². The summed E-state index contributed by atoms with van der Waals surface area (Å²) < 4.78 is 40.0. The van der Waals surface area contributed by atoms with E-state index in [9.17, 15) is 22.8 Å². The van der Waals surface area contributed by atoms with E-state index in [2.05, 4.69) is 15.9 Å². The van der Waals surface area contributed by atoms with Gasteiger partial charge in [-0.05, 0) is 23.8 Å². The van der Waals surface area contributed by atoms with Gasteiger partial charge in [-0.15, -0.1) is 0 Å². The Morgan fingerprint density at radius 1 is 1.28 bits per heavy atom. The number of likely N-dealkylation sites (N-methyl/N-ethyl adjacent to an activating group) is 1. The summed E-state index contributed by atoms with van der Waals surface area (Å²) in [4.78, 5) is 25.5. The van der Waals surface area contributed by atoms with Crippen molar-refractivity contribution < 1.29 is 18.0 Å². The van der Waals surface area contributed by atoms with Gasteiger partial charge >= 0.3 is 6.18 Å². The molecule has 0 aliphatic rings. The molecule has 0 saturated carbocycles. The van der Waals surface area contributed by atoms with Gasteiger partial charge in [0.1, 0.15) is 11.6 Å². The van der Waals surface area contributed by atoms with E-state index >= 15 is 0 Å². The van der Waals surface area contributed by atoms with Crippen LogP contribution in [0.4, 0.5) is 13.2 Å². The molecule has 0 N–H and O–H groups in total. The summed E-state index contributed by atoms with van der Waals surface area (Å²) in [7, 11) is 1.50. The zero-order valence-electron chi connectivity index (χ0n) is 13.0. The number of benzene rings is 1. The highest BCUT2D eigenvalue weighted by Crippen LogP contribution is 2.29. The summed E-state index contributed by atoms with van der Waals surface area (Å²) in [5.74, 6) is -0.514. The zero-order chi connectivity index (χ0) is 18.8. The lowest BCUT2D eigenvalue weighted by atomic mass is 10.2. The van der Waals surface area contributed by atoms with Crippen LogP contribution in [0.2, 0.25) is 5.02 Å². The number of carbonyl (C=O) groups excluding carboxylic acids is 1. The second-order valence-corrected chi connectivity index (χ2v) is 6.71. The highest BCUT2D eigenvalue weighted by atomic mass is 79.9. The number of nitrogens with zero attached hydrogens (tertiary/aromatic N) is 2. The largest absolute Gasteiger partial charge is 0.417 e. The fraction of sp³-hybridized carbons (Fsp3) is 0.250. The van der Waals surface area contributed by atoms with E-state index in [1.54, 1.807) is 12.1 Å². The van der Waals surface area contributed by atoms with E-state index in [0.29, 0.717) is 16.8 Å². The molecular weight excluding hydrogens is 425 g/mol. The summed E-state index contributed by atoms with van der Waals surface area (Å²) in [6, 6.07) is 7.79. The number of rotatable bonds is 4. The second-order valence-electron chi connectivity index (χ2n) is 5.38. The molecule has 9 heteroatoms. The lowest BCUT2D eigenvalue weighted by molar-refractivity contribution is -0.138. The Bertz CT molecular complexity index is 835. The molecule has 0 bridgehead atoms. The standard InChI is InChI=1S/C16H13BrClF3N2O2/c1-22(7-10-2-4-12(17)5-3-10)14(24)9-23-8-11(16(19,20)21)6-13(18)15(23)25/h2-6,8H,7,9H2,1H3. The van der Waals surface area contributed by atoms with Crippen molar-refractivity contribution in [3.05, 3.63) is 67.5 Å². The Labute approximate surface area is 154 Å². The van der Waals surface area contributed by atoms with E-state index in [-0.39, 0.29) is 6.54 Å². The van der Waals surface area contributed by atoms with E-state index in [4.69, 9.17) is 11.6 Å². The van der Waals surface area contributed by atoms with Crippen LogP contribution >= 0.6 is 27.5 Å². The molecule has 4 nitrogen and oxygen atoms in total. The molecule has 1 amide bonds. The number of amides is 1. The van der Waals surface area contributed by atoms with Crippen LogP contribution in [0.5, 0.6) is 0 Å². The Morgan fingerprint density at radius 2 is 1.88 bits per heavy atom. The van der Waals surface area contributed by atoms with Crippen LogP contribution in [-0.4, -0.2) is 22.4 Å². The first-order valence-corrected chi connectivity index (χ1v) is 8.20. The maximum atomic E-state index is 12.8. The molecular formula is C16H13BrClF3N2O2. The molecule has 0 fully saturated rings. The lowest BCUT2D eigenvalue weighted by Gasteiger charge is -2.19. The molecule has 2 rings (SSSR count). The fourth-order valence-corrected chi connectivity index (χ4v) is 2.58. The van der Waals surface area contributed by atoms with Crippen molar-refractivity contribution in [3.63, 3.8) is 0 Å². The van der Waals surface area contributed by atoms with Gasteiger partial charge < -0.3 is 9.47 Å². The first kappa shape index (κ1) is 19.5. The van der Waals surface area contributed by atoms with Crippen molar-refractivity contribution >= 4 is 33.4 Å². The van der Waals surface area contributed by atoms with Crippen LogP contribution in [0.1, 0.15) is 11.1 Å². The third-order valence-corrected chi connectivity index (χ3v) is 4.23. The van der Waals surface area contributed by atoms with Crippen LogP contribution in [0.3, 0.4) is 0 Å². The average Bonchev–Trinajstić information content (AvgIpc) is 2.52. The molecule has 1 heterocycles. The molecule has 25 heavy (non-hydrogen) atoms. The second kappa shape index (κ2) is 7.61. The van der Waals surface area contributed by atoms with E-state index in [1.165, 1.54) is 11.9 Å². The normalized spacial score (nSPS) is 11.4. The van der Waals surface area contributed by atoms with Crippen molar-refractivity contribution in [2.45, 2.75) is 19.3 Å². The van der Waals surface area contributed by atoms with Gasteiger partial charge in [0.25, 0.3) is 5.56 Å². The number of halogens is 5. The summed E-state index contributed by atoms with van der Waals surface area (Å²) in [6.45, 7) is -0.275. The highest BCUT2D eigenvalue weighted by Gasteiger charge is 2.32. The Balaban J connectivity index is 2.18. The van der Waals surface area contributed by atoms with Crippen LogP contribution in [0.15, 0.2) is 45.8 Å². The minimum Gasteiger partial charge on any atom is -0.340 e. The summed E-state index contributed by atoms with van der Waals surface area (Å²) in [5.41, 5.74) is -1.09. The minimum absolute atomic E-state index is 0.257. The van der Waals surface area contributed by atoms with Crippen molar-refractivity contribution in [3.8, 4) is 0 Å². The number of hydrogen-bond acceptors (Lipinski definition) is 2. The number of carbonyl (C=O) groups is 1. The van der Waals surface area contributed by atoms with Gasteiger partial charge in [0.2, 0.25) is 5.91 Å². The van der Waals surface area contributed by atoms with Gasteiger partial charge in [-0.25, -0.2) is 0 Å². The Hall–Kier alpha value is -1.80. The maximum absolute atomic E-state index is 12.8. The molecule has 0 aliphatic carbocycles. The molecule has 2 aromatic rings. The number of pyridine rings is 1. The van der Waals surface area contributed by atoms with Gasteiger partial charge in [-0.3, -0.25) is 9.59 Å². The smallest absolute Gasteiger partial charge is 0.340 e. The van der Waals surface area contributed by atoms with E-state index in [0.717, 1.165) is 10.0 Å². The van der Waals surface area contributed by atoms with Crippen molar-refractivity contribution in [2.24, 2.45) is 0 Å². The first-order valence-electron chi connectivity index (χ1n) is 7.03. The first-order chi connectivity index (χ1) is 11.6. The predicted octanol–water partition coefficient (Wildman–Crippen LogP) is 3.94. The number of hydrogen-bond donors (Lipinski definition) is 0. The maximum Gasteiger partial charge on any atom is 0.417 e. The molecule has 1 aromatic carbocycles. The third kappa shape index (κ3) is 5.09. The van der Waals surface area contributed by atoms with E-state index in [1.807, 2.05) is 12.1 Å². The topological polar surface area (TPSA) is 42.3 Å². The molecule has 0 aliphatic heterocycles. The van der Waals surface area contributed by atoms with Gasteiger partial charge in [0.15, 0.2) is 0 Å². The van der Waals surface area contributed by atoms with Crippen LogP contribution in [0.25, 0.3) is 0 Å². The Morgan fingerprint density at radius 3 is 2.44 bits per heavy atom. The molecule has 0 atom stereocenters. The molecule has 0 radical (unpaired) electrons.